The molecule has 6 heteroatoms. The van der Waals surface area contributed by atoms with Crippen LogP contribution in [0.5, 0.6) is 0 Å². The Morgan fingerprint density at radius 2 is 1.80 bits per heavy atom. The molecule has 1 N–H and O–H groups in total. The van der Waals surface area contributed by atoms with Gasteiger partial charge in [0.15, 0.2) is 0 Å². The summed E-state index contributed by atoms with van der Waals surface area (Å²) < 4.78 is 2.00. The van der Waals surface area contributed by atoms with Crippen LogP contribution in [-0.4, -0.2) is 46.7 Å². The molecule has 156 valence electrons. The summed E-state index contributed by atoms with van der Waals surface area (Å²) in [6, 6.07) is 14.9. The van der Waals surface area contributed by atoms with Crippen molar-refractivity contribution in [3.05, 3.63) is 60.4 Å². The van der Waals surface area contributed by atoms with Gasteiger partial charge < -0.3 is 9.88 Å². The van der Waals surface area contributed by atoms with Crippen molar-refractivity contribution < 1.29 is 4.79 Å². The lowest BCUT2D eigenvalue weighted by Crippen LogP contribution is -2.54. The Hall–Kier alpha value is -2.86. The Bertz CT molecular complexity index is 1080. The number of urea groups is 1. The zero-order valence-electron chi connectivity index (χ0n) is 17.9. The second-order valence-electron chi connectivity index (χ2n) is 9.12. The molecule has 3 heterocycles. The second kappa shape index (κ2) is 6.84. The van der Waals surface area contributed by atoms with Crippen molar-refractivity contribution in [3.63, 3.8) is 0 Å². The van der Waals surface area contributed by atoms with Crippen molar-refractivity contribution in [3.8, 4) is 0 Å². The van der Waals surface area contributed by atoms with Crippen LogP contribution in [0.1, 0.15) is 31.2 Å². The third-order valence-electron chi connectivity index (χ3n) is 7.28. The number of hydrogen-bond acceptors (Lipinski definition) is 3. The highest BCUT2D eigenvalue weighted by Crippen LogP contribution is 2.46. The van der Waals surface area contributed by atoms with Crippen LogP contribution in [-0.2, 0) is 12.6 Å². The number of pyridine rings is 1. The molecular weight excluding hydrogens is 374 g/mol. The second-order valence-corrected chi connectivity index (χ2v) is 9.12. The third kappa shape index (κ3) is 2.89. The molecule has 3 aromatic rings. The number of anilines is 1. The van der Waals surface area contributed by atoms with Crippen molar-refractivity contribution in [1.82, 2.24) is 19.8 Å². The first kappa shape index (κ1) is 19.1. The summed E-state index contributed by atoms with van der Waals surface area (Å²) in [4.78, 5) is 21.7. The fourth-order valence-electron chi connectivity index (χ4n) is 5.38. The molecule has 0 unspecified atom stereocenters. The van der Waals surface area contributed by atoms with Gasteiger partial charge in [-0.15, -0.1) is 0 Å². The lowest BCUT2D eigenvalue weighted by molar-refractivity contribution is 0.0658. The Morgan fingerprint density at radius 1 is 1.07 bits per heavy atom. The van der Waals surface area contributed by atoms with Crippen LogP contribution in [0.2, 0.25) is 0 Å². The zero-order valence-corrected chi connectivity index (χ0v) is 17.9. The van der Waals surface area contributed by atoms with Crippen molar-refractivity contribution in [2.75, 3.05) is 25.5 Å². The van der Waals surface area contributed by atoms with Crippen LogP contribution >= 0.6 is 0 Å². The fraction of sp³-hybridized carbons (Fsp3) is 0.417. The van der Waals surface area contributed by atoms with Gasteiger partial charge in [0.25, 0.3) is 0 Å². The summed E-state index contributed by atoms with van der Waals surface area (Å²) in [6.07, 6.45) is 7.78. The molecule has 0 atom stereocenters. The molecule has 1 saturated carbocycles. The molecule has 2 aromatic heterocycles. The van der Waals surface area contributed by atoms with Gasteiger partial charge in [-0.3, -0.25) is 9.80 Å². The van der Waals surface area contributed by atoms with Gasteiger partial charge in [-0.25, -0.2) is 9.78 Å². The molecule has 2 aliphatic rings. The highest BCUT2D eigenvalue weighted by molar-refractivity contribution is 5.96. The maximum Gasteiger partial charge on any atom is 0.322 e. The minimum absolute atomic E-state index is 0.0101. The van der Waals surface area contributed by atoms with E-state index in [0.717, 1.165) is 42.4 Å². The monoisotopic (exact) mass is 403 g/mol. The maximum atomic E-state index is 12.9. The number of nitrogens with zero attached hydrogens (tertiary/aromatic N) is 4. The minimum atomic E-state index is -0.170. The largest absolute Gasteiger partial charge is 0.336 e. The topological polar surface area (TPSA) is 53.4 Å². The first-order valence-electron chi connectivity index (χ1n) is 10.7. The molecule has 1 aromatic carbocycles. The molecule has 1 saturated heterocycles. The average molecular weight is 404 g/mol. The molecule has 2 amide bonds. The van der Waals surface area contributed by atoms with Gasteiger partial charge in [-0.1, -0.05) is 30.3 Å². The van der Waals surface area contributed by atoms with E-state index >= 15 is 0 Å². The summed E-state index contributed by atoms with van der Waals surface area (Å²) in [5.74, 6) is 0. The first-order valence-corrected chi connectivity index (χ1v) is 10.7. The lowest BCUT2D eigenvalue weighted by atomic mass is 9.69. The van der Waals surface area contributed by atoms with E-state index in [2.05, 4.69) is 65.7 Å². The van der Waals surface area contributed by atoms with Crippen LogP contribution in [0.3, 0.4) is 0 Å². The number of carbonyl (C=O) groups is 1. The SMILES string of the molecule is CN(C)C1(c2ccccc2)CCC2(CC1)CN(c1cnc3c(ccn3C)c1)C(=O)N2. The predicted octanol–water partition coefficient (Wildman–Crippen LogP) is 3.87. The number of carbonyl (C=O) groups excluding carboxylic acids is 1. The van der Waals surface area contributed by atoms with Crippen molar-refractivity contribution in [2.24, 2.45) is 7.05 Å². The number of hydrogen-bond donors (Lipinski definition) is 1. The summed E-state index contributed by atoms with van der Waals surface area (Å²) in [6.45, 7) is 0.699. The van der Waals surface area contributed by atoms with E-state index in [1.807, 2.05) is 35.0 Å². The zero-order chi connectivity index (χ0) is 20.9. The smallest absolute Gasteiger partial charge is 0.322 e. The van der Waals surface area contributed by atoms with Gasteiger partial charge in [-0.2, -0.15) is 0 Å². The van der Waals surface area contributed by atoms with Crippen LogP contribution in [0.4, 0.5) is 10.5 Å². The van der Waals surface area contributed by atoms with Crippen molar-refractivity contribution in [1.29, 1.82) is 0 Å². The van der Waals surface area contributed by atoms with Crippen molar-refractivity contribution >= 4 is 22.8 Å². The lowest BCUT2D eigenvalue weighted by Gasteiger charge is -2.48. The molecular formula is C24H29N5O. The summed E-state index contributed by atoms with van der Waals surface area (Å²) in [7, 11) is 6.33. The van der Waals surface area contributed by atoms with Crippen LogP contribution in [0, 0.1) is 0 Å². The van der Waals surface area contributed by atoms with E-state index in [1.165, 1.54) is 5.56 Å². The number of aryl methyl sites for hydroxylation is 1. The van der Waals surface area contributed by atoms with E-state index < -0.39 is 0 Å². The van der Waals surface area contributed by atoms with Gasteiger partial charge in [0.05, 0.1) is 24.0 Å². The summed E-state index contributed by atoms with van der Waals surface area (Å²) in [5, 5.41) is 4.39. The fourth-order valence-corrected chi connectivity index (χ4v) is 5.38. The number of rotatable bonds is 3. The molecule has 0 bridgehead atoms. The van der Waals surface area contributed by atoms with E-state index in [0.29, 0.717) is 6.54 Å². The predicted molar refractivity (Wildman–Crippen MR) is 120 cm³/mol. The van der Waals surface area contributed by atoms with E-state index in [4.69, 9.17) is 0 Å². The molecule has 30 heavy (non-hydrogen) atoms. The number of aromatic nitrogens is 2. The van der Waals surface area contributed by atoms with Crippen LogP contribution in [0.15, 0.2) is 54.9 Å². The van der Waals surface area contributed by atoms with Crippen LogP contribution in [0.25, 0.3) is 11.0 Å². The van der Waals surface area contributed by atoms with Gasteiger partial charge >= 0.3 is 6.03 Å². The third-order valence-corrected chi connectivity index (χ3v) is 7.28. The van der Waals surface area contributed by atoms with Gasteiger partial charge in [0, 0.05) is 24.2 Å². The number of benzene rings is 1. The normalized spacial score (nSPS) is 26.7. The molecule has 0 radical (unpaired) electrons. The summed E-state index contributed by atoms with van der Waals surface area (Å²) in [5.41, 5.74) is 3.02. The van der Waals surface area contributed by atoms with Gasteiger partial charge in [0.1, 0.15) is 5.65 Å². The highest BCUT2D eigenvalue weighted by Gasteiger charge is 2.50. The molecule has 1 aliphatic carbocycles. The Labute approximate surface area is 177 Å². The minimum Gasteiger partial charge on any atom is -0.336 e. The molecule has 1 aliphatic heterocycles. The Kier molecular flexibility index (Phi) is 4.36. The van der Waals surface area contributed by atoms with Gasteiger partial charge in [0.2, 0.25) is 0 Å². The van der Waals surface area contributed by atoms with Gasteiger partial charge in [-0.05, 0) is 57.5 Å². The number of amides is 2. The Morgan fingerprint density at radius 3 is 2.50 bits per heavy atom. The van der Waals surface area contributed by atoms with E-state index in [1.54, 1.807) is 0 Å². The van der Waals surface area contributed by atoms with E-state index in [-0.39, 0.29) is 17.1 Å². The maximum absolute atomic E-state index is 12.9. The standard InChI is InChI=1S/C24H29N5O/c1-27(2)24(19-7-5-4-6-8-19)12-10-23(11-13-24)17-29(22(30)26-23)20-15-18-9-14-28(3)21(18)25-16-20/h4-9,14-16H,10-13,17H2,1-3H3,(H,26,30). The summed E-state index contributed by atoms with van der Waals surface area (Å²) >= 11 is 0. The number of nitrogens with one attached hydrogen (secondary N) is 1. The quantitative estimate of drug-likeness (QED) is 0.722. The molecule has 6 nitrogen and oxygen atoms in total. The molecule has 2 fully saturated rings. The molecule has 1 spiro atoms. The van der Waals surface area contributed by atoms with Crippen LogP contribution < -0.4 is 10.2 Å². The highest BCUT2D eigenvalue weighted by atomic mass is 16.2. The van der Waals surface area contributed by atoms with Crippen molar-refractivity contribution in [2.45, 2.75) is 36.8 Å². The van der Waals surface area contributed by atoms with E-state index in [9.17, 15) is 4.79 Å². The molecule has 5 rings (SSSR count). The Balaban J connectivity index is 1.39. The first-order chi connectivity index (χ1) is 14.4. The number of fused-ring (bicyclic) bond motifs is 1. The average Bonchev–Trinajstić information content (AvgIpc) is 3.29.